The molecule has 2 aliphatic heterocycles. The third-order valence-corrected chi connectivity index (χ3v) is 4.54. The fraction of sp³-hybridized carbons (Fsp3) is 0.500. The van der Waals surface area contributed by atoms with Crippen molar-refractivity contribution in [2.45, 2.75) is 6.92 Å². The average Bonchev–Trinajstić information content (AvgIpc) is 2.67. The maximum atomic E-state index is 13.1. The number of rotatable bonds is 7. The van der Waals surface area contributed by atoms with Crippen molar-refractivity contribution in [1.82, 2.24) is 15.6 Å². The Balaban J connectivity index is 1.82. The molecule has 2 aliphatic rings. The highest BCUT2D eigenvalue weighted by atomic mass is 35.5. The molecule has 2 heterocycles. The van der Waals surface area contributed by atoms with Crippen LogP contribution in [0.4, 0.5) is 5.69 Å². The predicted octanol–water partition coefficient (Wildman–Crippen LogP) is 1.36. The van der Waals surface area contributed by atoms with Crippen LogP contribution >= 0.6 is 11.6 Å². The first-order valence-corrected chi connectivity index (χ1v) is 9.31. The normalized spacial score (nSPS) is 18.5. The molecule has 142 valence electrons. The Kier molecular flexibility index (Phi) is 6.73. The second-order valence-corrected chi connectivity index (χ2v) is 6.45. The van der Waals surface area contributed by atoms with Gasteiger partial charge in [-0.05, 0) is 25.1 Å². The summed E-state index contributed by atoms with van der Waals surface area (Å²) in [5.41, 5.74) is 4.77. The van der Waals surface area contributed by atoms with Crippen LogP contribution in [-0.2, 0) is 14.3 Å². The minimum atomic E-state index is -0.219. The molecule has 1 saturated heterocycles. The molecule has 1 fully saturated rings. The van der Waals surface area contributed by atoms with E-state index < -0.39 is 0 Å². The van der Waals surface area contributed by atoms with E-state index in [9.17, 15) is 4.79 Å². The van der Waals surface area contributed by atoms with Crippen LogP contribution < -0.4 is 15.8 Å². The van der Waals surface area contributed by atoms with Gasteiger partial charge in [0.05, 0.1) is 24.5 Å². The van der Waals surface area contributed by atoms with Crippen LogP contribution in [0, 0.1) is 0 Å². The van der Waals surface area contributed by atoms with Crippen LogP contribution in [0.1, 0.15) is 6.92 Å². The Hall–Kier alpha value is -1.80. The SMILES string of the molecule is CCOCCOC1=C(N2CCNCC2)CNN(c2cccc(Cl)c2)C1=O. The van der Waals surface area contributed by atoms with Gasteiger partial charge >= 0.3 is 5.91 Å². The molecule has 3 rings (SSSR count). The van der Waals surface area contributed by atoms with Gasteiger partial charge in [-0.15, -0.1) is 0 Å². The van der Waals surface area contributed by atoms with Gasteiger partial charge in [0.25, 0.3) is 0 Å². The zero-order chi connectivity index (χ0) is 18.4. The number of hydrazine groups is 1. The maximum Gasteiger partial charge on any atom is 0.309 e. The lowest BCUT2D eigenvalue weighted by molar-refractivity contribution is -0.120. The first-order chi connectivity index (χ1) is 12.7. The van der Waals surface area contributed by atoms with Crippen molar-refractivity contribution in [3.63, 3.8) is 0 Å². The van der Waals surface area contributed by atoms with E-state index >= 15 is 0 Å². The maximum absolute atomic E-state index is 13.1. The topological polar surface area (TPSA) is 66.1 Å². The van der Waals surface area contributed by atoms with Crippen molar-refractivity contribution in [2.24, 2.45) is 0 Å². The van der Waals surface area contributed by atoms with E-state index in [1.165, 1.54) is 5.01 Å². The highest BCUT2D eigenvalue weighted by molar-refractivity contribution is 6.31. The van der Waals surface area contributed by atoms with Gasteiger partial charge in [0.1, 0.15) is 6.61 Å². The zero-order valence-electron chi connectivity index (χ0n) is 15.0. The van der Waals surface area contributed by atoms with Crippen molar-refractivity contribution >= 4 is 23.2 Å². The van der Waals surface area contributed by atoms with Gasteiger partial charge in [0, 0.05) is 37.8 Å². The number of hydrogen-bond acceptors (Lipinski definition) is 6. The quantitative estimate of drug-likeness (QED) is 0.696. The molecule has 0 aliphatic carbocycles. The molecule has 2 N–H and O–H groups in total. The summed E-state index contributed by atoms with van der Waals surface area (Å²) in [5.74, 6) is 0.161. The van der Waals surface area contributed by atoms with E-state index in [0.717, 1.165) is 31.9 Å². The van der Waals surface area contributed by atoms with Gasteiger partial charge in [-0.2, -0.15) is 0 Å². The monoisotopic (exact) mass is 380 g/mol. The fourth-order valence-electron chi connectivity index (χ4n) is 3.04. The van der Waals surface area contributed by atoms with E-state index in [-0.39, 0.29) is 5.91 Å². The first-order valence-electron chi connectivity index (χ1n) is 8.93. The summed E-state index contributed by atoms with van der Waals surface area (Å²) in [6.45, 7) is 7.34. The number of halogens is 1. The first kappa shape index (κ1) is 19.0. The molecule has 0 saturated carbocycles. The number of anilines is 1. The lowest BCUT2D eigenvalue weighted by Gasteiger charge is -2.38. The summed E-state index contributed by atoms with van der Waals surface area (Å²) in [7, 11) is 0. The van der Waals surface area contributed by atoms with Gasteiger partial charge in [-0.25, -0.2) is 10.4 Å². The van der Waals surface area contributed by atoms with Gasteiger partial charge in [0.2, 0.25) is 5.76 Å². The summed E-state index contributed by atoms with van der Waals surface area (Å²) >= 11 is 6.08. The minimum absolute atomic E-state index is 0.219. The second kappa shape index (κ2) is 9.23. The molecule has 1 aromatic carbocycles. The summed E-state index contributed by atoms with van der Waals surface area (Å²) in [5, 5.41) is 5.40. The number of benzene rings is 1. The van der Waals surface area contributed by atoms with Crippen LogP contribution in [0.2, 0.25) is 5.02 Å². The van der Waals surface area contributed by atoms with Gasteiger partial charge in [-0.1, -0.05) is 17.7 Å². The van der Waals surface area contributed by atoms with E-state index in [2.05, 4.69) is 15.6 Å². The molecule has 0 unspecified atom stereocenters. The molecule has 0 bridgehead atoms. The highest BCUT2D eigenvalue weighted by Gasteiger charge is 2.32. The third-order valence-electron chi connectivity index (χ3n) is 4.31. The summed E-state index contributed by atoms with van der Waals surface area (Å²) in [6, 6.07) is 7.18. The molecular weight excluding hydrogens is 356 g/mol. The molecule has 0 spiro atoms. The largest absolute Gasteiger partial charge is 0.484 e. The molecule has 0 atom stereocenters. The number of nitrogens with one attached hydrogen (secondary N) is 2. The third kappa shape index (κ3) is 4.48. The lowest BCUT2D eigenvalue weighted by Crippen LogP contribution is -2.54. The fourth-order valence-corrected chi connectivity index (χ4v) is 3.22. The molecule has 0 radical (unpaired) electrons. The van der Waals surface area contributed by atoms with Crippen molar-refractivity contribution in [2.75, 3.05) is 57.6 Å². The number of piperazine rings is 1. The molecule has 7 nitrogen and oxygen atoms in total. The van der Waals surface area contributed by atoms with Crippen molar-refractivity contribution in [3.8, 4) is 0 Å². The molecule has 8 heteroatoms. The second-order valence-electron chi connectivity index (χ2n) is 6.01. The Bertz CT molecular complexity index is 662. The van der Waals surface area contributed by atoms with Gasteiger partial charge in [0.15, 0.2) is 0 Å². The Labute approximate surface area is 158 Å². The lowest BCUT2D eigenvalue weighted by atomic mass is 10.2. The number of hydrogen-bond donors (Lipinski definition) is 2. The highest BCUT2D eigenvalue weighted by Crippen LogP contribution is 2.25. The van der Waals surface area contributed by atoms with Crippen LogP contribution in [0.15, 0.2) is 35.7 Å². The van der Waals surface area contributed by atoms with Gasteiger partial charge in [-0.3, -0.25) is 4.79 Å². The van der Waals surface area contributed by atoms with Crippen LogP contribution in [-0.4, -0.2) is 63.4 Å². The zero-order valence-corrected chi connectivity index (χ0v) is 15.7. The Morgan fingerprint density at radius 3 is 2.77 bits per heavy atom. The number of carbonyl (C=O) groups is 1. The van der Waals surface area contributed by atoms with E-state index in [4.69, 9.17) is 21.1 Å². The number of nitrogens with zero attached hydrogens (tertiary/aromatic N) is 2. The number of carbonyl (C=O) groups excluding carboxylic acids is 1. The smallest absolute Gasteiger partial charge is 0.309 e. The molecule has 1 amide bonds. The standard InChI is InChI=1S/C18H25ClN4O3/c1-2-25-10-11-26-17-16(22-8-6-20-7-9-22)13-21-23(18(17)24)15-5-3-4-14(19)12-15/h3-5,12,20-21H,2,6-11,13H2,1H3. The van der Waals surface area contributed by atoms with Crippen molar-refractivity contribution < 1.29 is 14.3 Å². The molecular formula is C18H25ClN4O3. The van der Waals surface area contributed by atoms with E-state index in [1.807, 2.05) is 19.1 Å². The summed E-state index contributed by atoms with van der Waals surface area (Å²) < 4.78 is 11.2. The van der Waals surface area contributed by atoms with Crippen molar-refractivity contribution in [3.05, 3.63) is 40.7 Å². The van der Waals surface area contributed by atoms with E-state index in [1.54, 1.807) is 12.1 Å². The summed E-state index contributed by atoms with van der Waals surface area (Å²) in [4.78, 5) is 15.3. The molecule has 0 aromatic heterocycles. The number of ether oxygens (including phenoxy) is 2. The number of amides is 1. The Morgan fingerprint density at radius 1 is 1.23 bits per heavy atom. The van der Waals surface area contributed by atoms with Crippen LogP contribution in [0.5, 0.6) is 0 Å². The molecule has 1 aromatic rings. The van der Waals surface area contributed by atoms with Crippen molar-refractivity contribution in [1.29, 1.82) is 0 Å². The van der Waals surface area contributed by atoms with E-state index in [0.29, 0.717) is 42.8 Å². The van der Waals surface area contributed by atoms with Gasteiger partial charge < -0.3 is 19.7 Å². The summed E-state index contributed by atoms with van der Waals surface area (Å²) in [6.07, 6.45) is 0. The minimum Gasteiger partial charge on any atom is -0.484 e. The van der Waals surface area contributed by atoms with Crippen LogP contribution in [0.25, 0.3) is 0 Å². The van der Waals surface area contributed by atoms with Crippen LogP contribution in [0.3, 0.4) is 0 Å². The predicted molar refractivity (Wildman–Crippen MR) is 101 cm³/mol. The average molecular weight is 381 g/mol. The molecule has 26 heavy (non-hydrogen) atoms. The Morgan fingerprint density at radius 2 is 2.04 bits per heavy atom.